The topological polar surface area (TPSA) is 161 Å². The summed E-state index contributed by atoms with van der Waals surface area (Å²) in [5.41, 5.74) is 3.48. The molecule has 3 aliphatic rings. The van der Waals surface area contributed by atoms with E-state index >= 15 is 0 Å². The number of likely N-dealkylation sites (N-methyl/N-ethyl adjacent to an activating group) is 1. The number of benzene rings is 1. The van der Waals surface area contributed by atoms with Gasteiger partial charge in [-0.1, -0.05) is 19.4 Å². The molecule has 4 atom stereocenters. The average molecular weight is 471 g/mol. The molecule has 9 heteroatoms. The number of ketones is 2. The number of amides is 1. The molecule has 9 nitrogen and oxygen atoms in total. The SMILES string of the molecule is CCCCc1ccc(O)c2c1CC1CC3C(N(C)C)C(O)=C(C(N)=O)C(=O)[C@@]3(O)C(O)=C1C2=O. The molecule has 0 spiro atoms. The van der Waals surface area contributed by atoms with Crippen LogP contribution in [-0.4, -0.2) is 68.5 Å². The van der Waals surface area contributed by atoms with E-state index in [1.165, 1.54) is 11.0 Å². The molecule has 0 radical (unpaired) electrons. The number of unbranched alkanes of at least 4 members (excludes halogenated alkanes) is 1. The zero-order valence-corrected chi connectivity index (χ0v) is 19.5. The van der Waals surface area contributed by atoms with Gasteiger partial charge < -0.3 is 26.2 Å². The standard InChI is InChI=1S/C25H30N2O7/c1-4-5-6-11-7-8-15(28)17-13(11)9-12-10-14-19(27(2)3)21(30)18(24(26)33)23(32)25(14,34)22(31)16(12)20(17)29/h7-8,12,14,19,28,30-31,34H,4-6,9-10H2,1-3H3,(H2,26,33)/t12?,14?,19?,25-/m0/s1. The van der Waals surface area contributed by atoms with Crippen LogP contribution in [0.25, 0.3) is 0 Å². The summed E-state index contributed by atoms with van der Waals surface area (Å²) in [5, 5.41) is 44.1. The van der Waals surface area contributed by atoms with Gasteiger partial charge in [0, 0.05) is 11.5 Å². The summed E-state index contributed by atoms with van der Waals surface area (Å²) in [4.78, 5) is 40.3. The largest absolute Gasteiger partial charge is 0.510 e. The predicted molar refractivity (Wildman–Crippen MR) is 122 cm³/mol. The Morgan fingerprint density at radius 1 is 1.21 bits per heavy atom. The van der Waals surface area contributed by atoms with Crippen LogP contribution in [0.1, 0.15) is 47.7 Å². The number of Topliss-reactive ketones (excluding diaryl/α,β-unsaturated/α-hetero) is 2. The first-order valence-corrected chi connectivity index (χ1v) is 11.4. The van der Waals surface area contributed by atoms with Gasteiger partial charge in [-0.25, -0.2) is 0 Å². The molecule has 0 aromatic heterocycles. The number of carbonyl (C=O) groups excluding carboxylic acids is 3. The maximum Gasteiger partial charge on any atom is 0.255 e. The Hall–Kier alpha value is -3.17. The lowest BCUT2D eigenvalue weighted by Gasteiger charge is -2.50. The van der Waals surface area contributed by atoms with Crippen molar-refractivity contribution in [1.82, 2.24) is 4.90 Å². The van der Waals surface area contributed by atoms with Crippen LogP contribution < -0.4 is 5.73 Å². The number of aromatic hydroxyl groups is 1. The Morgan fingerprint density at radius 3 is 2.47 bits per heavy atom. The molecule has 3 aliphatic carbocycles. The average Bonchev–Trinajstić information content (AvgIpc) is 2.75. The first-order valence-electron chi connectivity index (χ1n) is 11.4. The van der Waals surface area contributed by atoms with Crippen LogP contribution in [-0.2, 0) is 22.4 Å². The molecule has 182 valence electrons. The van der Waals surface area contributed by atoms with E-state index in [0.29, 0.717) is 12.0 Å². The van der Waals surface area contributed by atoms with Gasteiger partial charge in [-0.05, 0) is 62.9 Å². The molecule has 3 unspecified atom stereocenters. The third kappa shape index (κ3) is 3.18. The van der Waals surface area contributed by atoms with Gasteiger partial charge in [-0.3, -0.25) is 19.3 Å². The number of nitrogens with zero attached hydrogens (tertiary/aromatic N) is 1. The fourth-order valence-corrected chi connectivity index (χ4v) is 5.92. The Labute approximate surface area is 197 Å². The van der Waals surface area contributed by atoms with E-state index in [9.17, 15) is 34.8 Å². The molecule has 4 rings (SSSR count). The fraction of sp³-hybridized carbons (Fsp3) is 0.480. The molecule has 0 bridgehead atoms. The number of hydrogen-bond donors (Lipinski definition) is 5. The molecule has 0 aliphatic heterocycles. The predicted octanol–water partition coefficient (Wildman–Crippen LogP) is 1.46. The summed E-state index contributed by atoms with van der Waals surface area (Å²) in [7, 11) is 3.21. The summed E-state index contributed by atoms with van der Waals surface area (Å²) in [5.74, 6) is -6.33. The van der Waals surface area contributed by atoms with Gasteiger partial charge in [0.15, 0.2) is 11.4 Å². The quantitative estimate of drug-likeness (QED) is 0.404. The van der Waals surface area contributed by atoms with Crippen LogP contribution in [0, 0.1) is 11.8 Å². The minimum Gasteiger partial charge on any atom is -0.510 e. The summed E-state index contributed by atoms with van der Waals surface area (Å²) in [6.45, 7) is 2.06. The highest BCUT2D eigenvalue weighted by molar-refractivity contribution is 6.24. The highest BCUT2D eigenvalue weighted by Crippen LogP contribution is 2.52. The van der Waals surface area contributed by atoms with Gasteiger partial charge in [0.25, 0.3) is 5.91 Å². The Kier molecular flexibility index (Phi) is 5.81. The number of primary amides is 1. The van der Waals surface area contributed by atoms with E-state index in [2.05, 4.69) is 6.92 Å². The monoisotopic (exact) mass is 470 g/mol. The third-order valence-corrected chi connectivity index (χ3v) is 7.50. The number of aliphatic hydroxyl groups is 3. The highest BCUT2D eigenvalue weighted by Gasteiger charge is 2.63. The van der Waals surface area contributed by atoms with E-state index < -0.39 is 58.0 Å². The molecule has 0 fully saturated rings. The van der Waals surface area contributed by atoms with Gasteiger partial charge in [-0.15, -0.1) is 0 Å². The lowest BCUT2D eigenvalue weighted by Crippen LogP contribution is -2.63. The lowest BCUT2D eigenvalue weighted by atomic mass is 9.58. The summed E-state index contributed by atoms with van der Waals surface area (Å²) in [6.07, 6.45) is 2.99. The smallest absolute Gasteiger partial charge is 0.255 e. The van der Waals surface area contributed by atoms with Crippen molar-refractivity contribution in [1.29, 1.82) is 0 Å². The zero-order chi connectivity index (χ0) is 25.1. The summed E-state index contributed by atoms with van der Waals surface area (Å²) >= 11 is 0. The number of fused-ring (bicyclic) bond motifs is 3. The zero-order valence-electron chi connectivity index (χ0n) is 19.5. The first-order chi connectivity index (χ1) is 16.0. The highest BCUT2D eigenvalue weighted by atomic mass is 16.3. The van der Waals surface area contributed by atoms with Crippen LogP contribution >= 0.6 is 0 Å². The molecule has 6 N–H and O–H groups in total. The van der Waals surface area contributed by atoms with Crippen molar-refractivity contribution in [3.63, 3.8) is 0 Å². The van der Waals surface area contributed by atoms with Crippen LogP contribution in [0.2, 0.25) is 0 Å². The number of nitrogens with two attached hydrogens (primary N) is 1. The van der Waals surface area contributed by atoms with Crippen LogP contribution in [0.15, 0.2) is 34.8 Å². The van der Waals surface area contributed by atoms with Crippen molar-refractivity contribution in [2.24, 2.45) is 17.6 Å². The van der Waals surface area contributed by atoms with Gasteiger partial charge in [0.1, 0.15) is 22.8 Å². The number of carbonyl (C=O) groups is 3. The Bertz CT molecular complexity index is 1170. The molecule has 34 heavy (non-hydrogen) atoms. The number of hydrogen-bond acceptors (Lipinski definition) is 8. The third-order valence-electron chi connectivity index (χ3n) is 7.50. The lowest BCUT2D eigenvalue weighted by molar-refractivity contribution is -0.148. The van der Waals surface area contributed by atoms with Gasteiger partial charge in [0.2, 0.25) is 5.78 Å². The van der Waals surface area contributed by atoms with E-state index in [-0.39, 0.29) is 23.3 Å². The van der Waals surface area contributed by atoms with Crippen molar-refractivity contribution in [2.75, 3.05) is 14.1 Å². The number of rotatable bonds is 5. The van der Waals surface area contributed by atoms with Crippen LogP contribution in [0.4, 0.5) is 0 Å². The Balaban J connectivity index is 1.93. The molecule has 0 saturated heterocycles. The number of phenolic OH excluding ortho intramolecular Hbond substituents is 1. The fourth-order valence-electron chi connectivity index (χ4n) is 5.92. The number of phenols is 1. The summed E-state index contributed by atoms with van der Waals surface area (Å²) in [6, 6.07) is 2.25. The normalized spacial score (nSPS) is 28.7. The second-order valence-corrected chi connectivity index (χ2v) is 9.66. The van der Waals surface area contributed by atoms with Gasteiger partial charge in [-0.2, -0.15) is 0 Å². The van der Waals surface area contributed by atoms with Crippen molar-refractivity contribution >= 4 is 17.5 Å². The van der Waals surface area contributed by atoms with E-state index in [1.807, 2.05) is 0 Å². The molecular formula is C25H30N2O7. The number of aryl methyl sites for hydroxylation is 1. The van der Waals surface area contributed by atoms with Crippen molar-refractivity contribution < 1.29 is 34.8 Å². The minimum atomic E-state index is -2.61. The van der Waals surface area contributed by atoms with Crippen LogP contribution in [0.3, 0.4) is 0 Å². The molecular weight excluding hydrogens is 440 g/mol. The second kappa shape index (κ2) is 8.25. The van der Waals surface area contributed by atoms with Crippen molar-refractivity contribution in [2.45, 2.75) is 50.7 Å². The van der Waals surface area contributed by atoms with Gasteiger partial charge in [0.05, 0.1) is 11.6 Å². The van der Waals surface area contributed by atoms with Gasteiger partial charge >= 0.3 is 0 Å². The number of aliphatic hydroxyl groups excluding tert-OH is 2. The Morgan fingerprint density at radius 2 is 1.88 bits per heavy atom. The summed E-state index contributed by atoms with van der Waals surface area (Å²) < 4.78 is 0. The number of allylic oxidation sites excluding steroid dienone is 1. The molecule has 1 amide bonds. The van der Waals surface area contributed by atoms with Crippen molar-refractivity contribution in [3.8, 4) is 5.75 Å². The molecule has 1 aromatic rings. The van der Waals surface area contributed by atoms with E-state index in [4.69, 9.17) is 5.73 Å². The molecule has 0 saturated carbocycles. The molecule has 1 aromatic carbocycles. The van der Waals surface area contributed by atoms with Crippen molar-refractivity contribution in [3.05, 3.63) is 51.5 Å². The first kappa shape index (κ1) is 24.0. The minimum absolute atomic E-state index is 0.0642. The second-order valence-electron chi connectivity index (χ2n) is 9.66. The van der Waals surface area contributed by atoms with Crippen LogP contribution in [0.5, 0.6) is 5.75 Å². The maximum absolute atomic E-state index is 13.6. The van der Waals surface area contributed by atoms with E-state index in [1.54, 1.807) is 20.2 Å². The maximum atomic E-state index is 13.6. The van der Waals surface area contributed by atoms with E-state index in [0.717, 1.165) is 24.8 Å². The molecule has 0 heterocycles.